The third kappa shape index (κ3) is 1.97. The van der Waals surface area contributed by atoms with Gasteiger partial charge in [0.1, 0.15) is 5.52 Å². The molecule has 0 spiro atoms. The zero-order valence-corrected chi connectivity index (χ0v) is 10.1. The van der Waals surface area contributed by atoms with Gasteiger partial charge in [0, 0.05) is 11.9 Å². The molecule has 20 heavy (non-hydrogen) atoms. The number of anilines is 1. The van der Waals surface area contributed by atoms with Gasteiger partial charge in [0.05, 0.1) is 17.3 Å². The predicted molar refractivity (Wildman–Crippen MR) is 68.3 cm³/mol. The summed E-state index contributed by atoms with van der Waals surface area (Å²) in [6.45, 7) is 0. The van der Waals surface area contributed by atoms with Gasteiger partial charge >= 0.3 is 6.18 Å². The first-order chi connectivity index (χ1) is 9.47. The van der Waals surface area contributed by atoms with Crippen LogP contribution in [-0.2, 0) is 6.18 Å². The minimum absolute atomic E-state index is 0.202. The molecule has 0 unspecified atom stereocenters. The average molecular weight is 278 g/mol. The number of hydrogen-bond acceptors (Lipinski definition) is 3. The highest BCUT2D eigenvalue weighted by atomic mass is 19.4. The number of fused-ring (bicyclic) bond motifs is 1. The molecule has 2 N–H and O–H groups in total. The summed E-state index contributed by atoms with van der Waals surface area (Å²) < 4.78 is 39.2. The monoisotopic (exact) mass is 278 g/mol. The van der Waals surface area contributed by atoms with Gasteiger partial charge in [-0.1, -0.05) is 0 Å². The van der Waals surface area contributed by atoms with E-state index < -0.39 is 11.7 Å². The first-order valence-electron chi connectivity index (χ1n) is 5.72. The Morgan fingerprint density at radius 3 is 2.40 bits per heavy atom. The van der Waals surface area contributed by atoms with Crippen molar-refractivity contribution in [3.05, 3.63) is 48.3 Å². The Morgan fingerprint density at radius 1 is 1.05 bits per heavy atom. The molecule has 0 fully saturated rings. The lowest BCUT2D eigenvalue weighted by atomic mass is 10.2. The van der Waals surface area contributed by atoms with Gasteiger partial charge in [-0.3, -0.25) is 9.55 Å². The number of benzene rings is 1. The summed E-state index contributed by atoms with van der Waals surface area (Å²) in [5, 5.41) is 0. The number of rotatable bonds is 1. The van der Waals surface area contributed by atoms with Gasteiger partial charge in [-0.25, -0.2) is 4.98 Å². The Morgan fingerprint density at radius 2 is 1.75 bits per heavy atom. The van der Waals surface area contributed by atoms with Crippen LogP contribution in [0.3, 0.4) is 0 Å². The number of nitrogens with zero attached hydrogens (tertiary/aromatic N) is 3. The molecule has 0 radical (unpaired) electrons. The molecule has 0 aliphatic rings. The Kier molecular flexibility index (Phi) is 2.63. The van der Waals surface area contributed by atoms with Crippen molar-refractivity contribution in [3.63, 3.8) is 0 Å². The maximum Gasteiger partial charge on any atom is 0.416 e. The number of halogens is 3. The number of aromatic nitrogens is 3. The summed E-state index contributed by atoms with van der Waals surface area (Å²) >= 11 is 0. The van der Waals surface area contributed by atoms with Gasteiger partial charge < -0.3 is 5.73 Å². The largest absolute Gasteiger partial charge is 0.416 e. The molecule has 3 rings (SSSR count). The third-order valence-corrected chi connectivity index (χ3v) is 2.94. The molecule has 3 aromatic rings. The van der Waals surface area contributed by atoms with E-state index in [-0.39, 0.29) is 5.95 Å². The molecule has 7 heteroatoms. The summed E-state index contributed by atoms with van der Waals surface area (Å²) in [5.74, 6) is 0.202. The standard InChI is InChI=1S/C13H9F3N4/c14-13(15,16)8-1-3-9(4-2-8)20-11-5-6-18-7-10(11)19-12(20)17/h1-7H,(H2,17,19). The number of alkyl halides is 3. The lowest BCUT2D eigenvalue weighted by molar-refractivity contribution is -0.137. The molecule has 4 nitrogen and oxygen atoms in total. The molecular weight excluding hydrogens is 269 g/mol. The van der Waals surface area contributed by atoms with Crippen molar-refractivity contribution in [2.75, 3.05) is 5.73 Å². The summed E-state index contributed by atoms with van der Waals surface area (Å²) in [4.78, 5) is 8.04. The molecule has 1 aromatic carbocycles. The van der Waals surface area contributed by atoms with Crippen LogP contribution in [0.4, 0.5) is 19.1 Å². The maximum atomic E-state index is 12.5. The first kappa shape index (κ1) is 12.5. The van der Waals surface area contributed by atoms with Gasteiger partial charge in [0.15, 0.2) is 0 Å². The summed E-state index contributed by atoms with van der Waals surface area (Å²) in [7, 11) is 0. The number of nitrogen functional groups attached to an aromatic ring is 1. The number of nitrogens with two attached hydrogens (primary N) is 1. The van der Waals surface area contributed by atoms with E-state index in [4.69, 9.17) is 5.73 Å². The van der Waals surface area contributed by atoms with Crippen molar-refractivity contribution in [1.82, 2.24) is 14.5 Å². The molecule has 0 atom stereocenters. The van der Waals surface area contributed by atoms with Crippen LogP contribution in [0.5, 0.6) is 0 Å². The topological polar surface area (TPSA) is 56.7 Å². The second-order valence-corrected chi connectivity index (χ2v) is 4.21. The second kappa shape index (κ2) is 4.22. The zero-order valence-electron chi connectivity index (χ0n) is 10.1. The molecule has 0 aliphatic carbocycles. The zero-order chi connectivity index (χ0) is 14.3. The Balaban J connectivity index is 2.14. The normalized spacial score (nSPS) is 11.9. The van der Waals surface area contributed by atoms with E-state index in [1.54, 1.807) is 23.0 Å². The summed E-state index contributed by atoms with van der Waals surface area (Å²) in [5.41, 5.74) is 6.91. The molecule has 2 heterocycles. The van der Waals surface area contributed by atoms with Gasteiger partial charge in [-0.2, -0.15) is 13.2 Å². The highest BCUT2D eigenvalue weighted by Gasteiger charge is 2.30. The van der Waals surface area contributed by atoms with E-state index in [2.05, 4.69) is 9.97 Å². The molecule has 102 valence electrons. The number of hydrogen-bond donors (Lipinski definition) is 1. The summed E-state index contributed by atoms with van der Waals surface area (Å²) in [6, 6.07) is 6.46. The average Bonchev–Trinajstić information content (AvgIpc) is 2.73. The van der Waals surface area contributed by atoms with Crippen LogP contribution in [0.2, 0.25) is 0 Å². The Bertz CT molecular complexity index is 759. The van der Waals surface area contributed by atoms with Crippen LogP contribution in [0.15, 0.2) is 42.7 Å². The smallest absolute Gasteiger partial charge is 0.369 e. The number of pyridine rings is 1. The van der Waals surface area contributed by atoms with Crippen molar-refractivity contribution >= 4 is 17.0 Å². The van der Waals surface area contributed by atoms with E-state index in [0.717, 1.165) is 12.1 Å². The molecule has 0 amide bonds. The maximum absolute atomic E-state index is 12.5. The van der Waals surface area contributed by atoms with E-state index in [1.807, 2.05) is 0 Å². The predicted octanol–water partition coefficient (Wildman–Crippen LogP) is 3.02. The lowest BCUT2D eigenvalue weighted by Crippen LogP contribution is -2.06. The van der Waals surface area contributed by atoms with Gasteiger partial charge in [-0.15, -0.1) is 0 Å². The molecule has 0 saturated carbocycles. The van der Waals surface area contributed by atoms with Crippen LogP contribution in [0, 0.1) is 0 Å². The minimum atomic E-state index is -4.36. The lowest BCUT2D eigenvalue weighted by Gasteiger charge is -2.09. The quantitative estimate of drug-likeness (QED) is 0.744. The van der Waals surface area contributed by atoms with Crippen LogP contribution in [0.1, 0.15) is 5.56 Å². The van der Waals surface area contributed by atoms with Crippen molar-refractivity contribution < 1.29 is 13.2 Å². The van der Waals surface area contributed by atoms with Crippen molar-refractivity contribution in [3.8, 4) is 5.69 Å². The third-order valence-electron chi connectivity index (χ3n) is 2.94. The number of imidazole rings is 1. The van der Waals surface area contributed by atoms with E-state index in [0.29, 0.717) is 16.7 Å². The fourth-order valence-electron chi connectivity index (χ4n) is 2.02. The van der Waals surface area contributed by atoms with E-state index >= 15 is 0 Å². The van der Waals surface area contributed by atoms with Crippen LogP contribution >= 0.6 is 0 Å². The Hall–Kier alpha value is -2.57. The molecule has 0 saturated heterocycles. The fourth-order valence-corrected chi connectivity index (χ4v) is 2.02. The van der Waals surface area contributed by atoms with Gasteiger partial charge in [0.2, 0.25) is 5.95 Å². The molecule has 0 bridgehead atoms. The second-order valence-electron chi connectivity index (χ2n) is 4.21. The molecular formula is C13H9F3N4. The van der Waals surface area contributed by atoms with Crippen LogP contribution in [0.25, 0.3) is 16.7 Å². The fraction of sp³-hybridized carbons (Fsp3) is 0.0769. The minimum Gasteiger partial charge on any atom is -0.369 e. The SMILES string of the molecule is Nc1nc2cnccc2n1-c1ccc(C(F)(F)F)cc1. The molecule has 2 aromatic heterocycles. The van der Waals surface area contributed by atoms with Gasteiger partial charge in [-0.05, 0) is 30.3 Å². The summed E-state index contributed by atoms with van der Waals surface area (Å²) in [6.07, 6.45) is -1.23. The Labute approximate surface area is 111 Å². The van der Waals surface area contributed by atoms with E-state index in [1.165, 1.54) is 12.1 Å². The highest BCUT2D eigenvalue weighted by molar-refractivity contribution is 5.79. The van der Waals surface area contributed by atoms with Gasteiger partial charge in [0.25, 0.3) is 0 Å². The van der Waals surface area contributed by atoms with Crippen molar-refractivity contribution in [2.45, 2.75) is 6.18 Å². The van der Waals surface area contributed by atoms with Crippen LogP contribution < -0.4 is 5.73 Å². The van der Waals surface area contributed by atoms with E-state index in [9.17, 15) is 13.2 Å². The van der Waals surface area contributed by atoms with Crippen LogP contribution in [-0.4, -0.2) is 14.5 Å². The molecule has 0 aliphatic heterocycles. The van der Waals surface area contributed by atoms with Crippen molar-refractivity contribution in [1.29, 1.82) is 0 Å². The van der Waals surface area contributed by atoms with Crippen molar-refractivity contribution in [2.24, 2.45) is 0 Å². The highest BCUT2D eigenvalue weighted by Crippen LogP contribution is 2.30. The first-order valence-corrected chi connectivity index (χ1v) is 5.72.